The molecular formula is C10H19NO. The van der Waals surface area contributed by atoms with Gasteiger partial charge in [0.15, 0.2) is 0 Å². The number of likely N-dealkylation sites (tertiary alicyclic amines) is 1. The van der Waals surface area contributed by atoms with E-state index in [1.54, 1.807) is 0 Å². The molecule has 1 atom stereocenters. The maximum absolute atomic E-state index is 9.67. The van der Waals surface area contributed by atoms with Crippen LogP contribution in [0.2, 0.25) is 0 Å². The van der Waals surface area contributed by atoms with Gasteiger partial charge in [0.2, 0.25) is 0 Å². The van der Waals surface area contributed by atoms with E-state index in [9.17, 15) is 5.11 Å². The molecule has 0 amide bonds. The molecule has 0 aromatic rings. The molecule has 0 bridgehead atoms. The van der Waals surface area contributed by atoms with Gasteiger partial charge in [-0.1, -0.05) is 12.2 Å². The molecular weight excluding hydrogens is 150 g/mol. The predicted molar refractivity (Wildman–Crippen MR) is 51.1 cm³/mol. The van der Waals surface area contributed by atoms with Gasteiger partial charge >= 0.3 is 0 Å². The second kappa shape index (κ2) is 3.19. The lowest BCUT2D eigenvalue weighted by Crippen LogP contribution is -2.45. The number of nitrogens with zero attached hydrogens (tertiary/aromatic N) is 1. The van der Waals surface area contributed by atoms with Crippen molar-refractivity contribution in [2.45, 2.75) is 38.8 Å². The predicted octanol–water partition coefficient (Wildman–Crippen LogP) is 1.41. The Morgan fingerprint density at radius 3 is 2.58 bits per heavy atom. The van der Waals surface area contributed by atoms with E-state index in [1.807, 2.05) is 6.92 Å². The van der Waals surface area contributed by atoms with Crippen molar-refractivity contribution in [3.05, 3.63) is 12.2 Å². The van der Waals surface area contributed by atoms with Gasteiger partial charge in [-0.05, 0) is 27.2 Å². The van der Waals surface area contributed by atoms with Gasteiger partial charge in [-0.3, -0.25) is 4.90 Å². The number of rotatable bonds is 2. The number of hydrogen-bond acceptors (Lipinski definition) is 2. The second-order valence-electron chi connectivity index (χ2n) is 4.34. The molecule has 1 saturated heterocycles. The summed E-state index contributed by atoms with van der Waals surface area (Å²) >= 11 is 0. The van der Waals surface area contributed by atoms with Gasteiger partial charge in [0.25, 0.3) is 0 Å². The molecule has 1 unspecified atom stereocenters. The van der Waals surface area contributed by atoms with Crippen LogP contribution in [0.15, 0.2) is 12.2 Å². The van der Waals surface area contributed by atoms with E-state index in [0.717, 1.165) is 25.1 Å². The third-order valence-corrected chi connectivity index (χ3v) is 2.76. The molecule has 1 N–H and O–H groups in total. The van der Waals surface area contributed by atoms with Gasteiger partial charge in [-0.15, -0.1) is 0 Å². The summed E-state index contributed by atoms with van der Waals surface area (Å²) in [5.74, 6) is 0. The lowest BCUT2D eigenvalue weighted by molar-refractivity contribution is 0.0596. The Balaban J connectivity index is 2.62. The van der Waals surface area contributed by atoms with Crippen LogP contribution < -0.4 is 0 Å². The highest BCUT2D eigenvalue weighted by Crippen LogP contribution is 2.28. The van der Waals surface area contributed by atoms with Crippen molar-refractivity contribution in [3.8, 4) is 0 Å². The SMILES string of the molecule is C=C(C)CN1CCC(O)C1(C)C. The van der Waals surface area contributed by atoms with Crippen LogP contribution in [0.5, 0.6) is 0 Å². The van der Waals surface area contributed by atoms with Crippen LogP contribution in [0.1, 0.15) is 27.2 Å². The van der Waals surface area contributed by atoms with Crippen molar-refractivity contribution in [3.63, 3.8) is 0 Å². The van der Waals surface area contributed by atoms with E-state index in [2.05, 4.69) is 25.3 Å². The van der Waals surface area contributed by atoms with Crippen molar-refractivity contribution >= 4 is 0 Å². The third kappa shape index (κ3) is 1.70. The van der Waals surface area contributed by atoms with E-state index < -0.39 is 0 Å². The molecule has 1 aliphatic rings. The minimum Gasteiger partial charge on any atom is -0.391 e. The highest BCUT2D eigenvalue weighted by atomic mass is 16.3. The Kier molecular flexibility index (Phi) is 2.59. The Morgan fingerprint density at radius 2 is 2.25 bits per heavy atom. The molecule has 70 valence electrons. The lowest BCUT2D eigenvalue weighted by atomic mass is 9.98. The smallest absolute Gasteiger partial charge is 0.0730 e. The Hall–Kier alpha value is -0.340. The summed E-state index contributed by atoms with van der Waals surface area (Å²) in [6, 6.07) is 0. The topological polar surface area (TPSA) is 23.5 Å². The van der Waals surface area contributed by atoms with E-state index in [0.29, 0.717) is 0 Å². The average molecular weight is 169 g/mol. The van der Waals surface area contributed by atoms with Crippen molar-refractivity contribution in [1.82, 2.24) is 4.90 Å². The maximum Gasteiger partial charge on any atom is 0.0730 e. The molecule has 12 heavy (non-hydrogen) atoms. The van der Waals surface area contributed by atoms with Crippen LogP contribution >= 0.6 is 0 Å². The molecule has 1 rings (SSSR count). The molecule has 2 nitrogen and oxygen atoms in total. The van der Waals surface area contributed by atoms with Crippen LogP contribution in [0, 0.1) is 0 Å². The first-order chi connectivity index (χ1) is 5.44. The molecule has 0 aromatic heterocycles. The normalized spacial score (nSPS) is 29.2. The van der Waals surface area contributed by atoms with Crippen LogP contribution in [0.3, 0.4) is 0 Å². The summed E-state index contributed by atoms with van der Waals surface area (Å²) in [6.07, 6.45) is 0.706. The fraction of sp³-hybridized carbons (Fsp3) is 0.800. The fourth-order valence-electron chi connectivity index (χ4n) is 1.74. The quantitative estimate of drug-likeness (QED) is 0.632. The van der Waals surface area contributed by atoms with Crippen LogP contribution in [0.25, 0.3) is 0 Å². The maximum atomic E-state index is 9.67. The first-order valence-electron chi connectivity index (χ1n) is 4.52. The van der Waals surface area contributed by atoms with Crippen LogP contribution in [-0.2, 0) is 0 Å². The molecule has 0 spiro atoms. The van der Waals surface area contributed by atoms with Gasteiger partial charge in [-0.2, -0.15) is 0 Å². The molecule has 0 aromatic carbocycles. The lowest BCUT2D eigenvalue weighted by Gasteiger charge is -2.33. The zero-order valence-electron chi connectivity index (χ0n) is 8.30. The number of aliphatic hydroxyl groups is 1. The Labute approximate surface area is 74.9 Å². The molecule has 1 fully saturated rings. The first-order valence-corrected chi connectivity index (χ1v) is 4.52. The molecule has 1 aliphatic heterocycles. The summed E-state index contributed by atoms with van der Waals surface area (Å²) in [5, 5.41) is 9.67. The van der Waals surface area contributed by atoms with Crippen molar-refractivity contribution in [2.24, 2.45) is 0 Å². The summed E-state index contributed by atoms with van der Waals surface area (Å²) in [5.41, 5.74) is 1.09. The van der Waals surface area contributed by atoms with Gasteiger partial charge < -0.3 is 5.11 Å². The summed E-state index contributed by atoms with van der Waals surface area (Å²) < 4.78 is 0. The standard InChI is InChI=1S/C10H19NO/c1-8(2)7-11-6-5-9(12)10(11,3)4/h9,12H,1,5-7H2,2-4H3. The zero-order chi connectivity index (χ0) is 9.35. The van der Waals surface area contributed by atoms with Crippen molar-refractivity contribution < 1.29 is 5.11 Å². The Bertz CT molecular complexity index is 186. The monoisotopic (exact) mass is 169 g/mol. The number of aliphatic hydroxyl groups excluding tert-OH is 1. The zero-order valence-corrected chi connectivity index (χ0v) is 8.30. The van der Waals surface area contributed by atoms with E-state index in [4.69, 9.17) is 0 Å². The summed E-state index contributed by atoms with van der Waals surface area (Å²) in [4.78, 5) is 2.29. The van der Waals surface area contributed by atoms with E-state index in [-0.39, 0.29) is 11.6 Å². The van der Waals surface area contributed by atoms with Crippen molar-refractivity contribution in [2.75, 3.05) is 13.1 Å². The Morgan fingerprint density at radius 1 is 1.67 bits per heavy atom. The minimum absolute atomic E-state index is 0.0705. The molecule has 1 heterocycles. The molecule has 2 heteroatoms. The minimum atomic E-state index is -0.183. The molecule has 0 aliphatic carbocycles. The van der Waals surface area contributed by atoms with Gasteiger partial charge in [0, 0.05) is 18.6 Å². The van der Waals surface area contributed by atoms with E-state index >= 15 is 0 Å². The second-order valence-corrected chi connectivity index (χ2v) is 4.34. The van der Waals surface area contributed by atoms with Gasteiger partial charge in [0.1, 0.15) is 0 Å². The largest absolute Gasteiger partial charge is 0.391 e. The summed E-state index contributed by atoms with van der Waals surface area (Å²) in [7, 11) is 0. The first kappa shape index (κ1) is 9.75. The molecule has 0 radical (unpaired) electrons. The highest BCUT2D eigenvalue weighted by Gasteiger charge is 2.39. The average Bonchev–Trinajstić information content (AvgIpc) is 2.15. The highest BCUT2D eigenvalue weighted by molar-refractivity contribution is 5.02. The van der Waals surface area contributed by atoms with Crippen LogP contribution in [-0.4, -0.2) is 34.7 Å². The van der Waals surface area contributed by atoms with Gasteiger partial charge in [0.05, 0.1) is 6.10 Å². The summed E-state index contributed by atoms with van der Waals surface area (Å²) in [6.45, 7) is 12.0. The van der Waals surface area contributed by atoms with Crippen LogP contribution in [0.4, 0.5) is 0 Å². The van der Waals surface area contributed by atoms with Gasteiger partial charge in [-0.25, -0.2) is 0 Å². The van der Waals surface area contributed by atoms with Crippen molar-refractivity contribution in [1.29, 1.82) is 0 Å². The van der Waals surface area contributed by atoms with E-state index in [1.165, 1.54) is 0 Å². The third-order valence-electron chi connectivity index (χ3n) is 2.76. The fourth-order valence-corrected chi connectivity index (χ4v) is 1.74. The molecule has 0 saturated carbocycles. The number of hydrogen-bond donors (Lipinski definition) is 1.